The summed E-state index contributed by atoms with van der Waals surface area (Å²) in [6, 6.07) is 2.41. The quantitative estimate of drug-likeness (QED) is 0.777. The molecule has 1 fully saturated rings. The number of β-amino-alcohol motifs (C(OH)–C–C–N with tert-alkyl or cyclic N) is 1. The van der Waals surface area contributed by atoms with Crippen molar-refractivity contribution in [2.24, 2.45) is 0 Å². The van der Waals surface area contributed by atoms with E-state index in [1.54, 1.807) is 6.20 Å². The molecule has 2 heterocycles. The summed E-state index contributed by atoms with van der Waals surface area (Å²) in [5, 5.41) is 14.0. The fraction of sp³-hybridized carbons (Fsp3) is 0.750. The summed E-state index contributed by atoms with van der Waals surface area (Å²) < 4.78 is 1.94. The first-order valence-electron chi connectivity index (χ1n) is 6.19. The van der Waals surface area contributed by atoms with Crippen molar-refractivity contribution < 1.29 is 5.11 Å². The van der Waals surface area contributed by atoms with Gasteiger partial charge in [-0.3, -0.25) is 9.58 Å². The zero-order valence-corrected chi connectivity index (χ0v) is 10.7. The Hall–Kier alpha value is -0.910. The minimum Gasteiger partial charge on any atom is -0.392 e. The van der Waals surface area contributed by atoms with Crippen LogP contribution in [0.1, 0.15) is 6.42 Å². The summed E-state index contributed by atoms with van der Waals surface area (Å²) in [5.41, 5.74) is 0. The lowest BCUT2D eigenvalue weighted by Gasteiger charge is -2.26. The second-order valence-electron chi connectivity index (χ2n) is 5.07. The second-order valence-corrected chi connectivity index (χ2v) is 5.07. The Balaban J connectivity index is 1.85. The van der Waals surface area contributed by atoms with E-state index in [0.717, 1.165) is 32.6 Å². The highest BCUT2D eigenvalue weighted by molar-refractivity contribution is 4.87. The smallest absolute Gasteiger partial charge is 0.0682 e. The average Bonchev–Trinajstić information content (AvgIpc) is 2.84. The molecule has 96 valence electrons. The van der Waals surface area contributed by atoms with Gasteiger partial charge < -0.3 is 10.0 Å². The molecule has 1 aliphatic heterocycles. The lowest BCUT2D eigenvalue weighted by atomic mass is 10.2. The van der Waals surface area contributed by atoms with Crippen LogP contribution >= 0.6 is 0 Å². The Morgan fingerprint density at radius 1 is 1.41 bits per heavy atom. The number of aromatic nitrogens is 2. The van der Waals surface area contributed by atoms with Gasteiger partial charge in [0.2, 0.25) is 0 Å². The van der Waals surface area contributed by atoms with Crippen molar-refractivity contribution in [1.29, 1.82) is 0 Å². The molecule has 0 aromatic carbocycles. The third-order valence-corrected chi connectivity index (χ3v) is 3.26. The Morgan fingerprint density at radius 3 is 2.88 bits per heavy atom. The average molecular weight is 238 g/mol. The Labute approximate surface area is 103 Å². The molecule has 0 aliphatic carbocycles. The highest BCUT2D eigenvalue weighted by atomic mass is 16.3. The van der Waals surface area contributed by atoms with Crippen LogP contribution in [0.2, 0.25) is 0 Å². The van der Waals surface area contributed by atoms with E-state index in [9.17, 15) is 5.11 Å². The number of rotatable bonds is 5. The largest absolute Gasteiger partial charge is 0.392 e. The molecular formula is C12H22N4O. The zero-order chi connectivity index (χ0) is 12.3. The van der Waals surface area contributed by atoms with E-state index in [2.05, 4.69) is 29.0 Å². The predicted molar refractivity (Wildman–Crippen MR) is 66.8 cm³/mol. The van der Waals surface area contributed by atoms with Gasteiger partial charge in [0.05, 0.1) is 12.6 Å². The molecule has 0 amide bonds. The third kappa shape index (κ3) is 3.52. The molecular weight excluding hydrogens is 216 g/mol. The highest BCUT2D eigenvalue weighted by Gasteiger charge is 2.30. The van der Waals surface area contributed by atoms with E-state index in [0.29, 0.717) is 6.04 Å². The first kappa shape index (κ1) is 12.5. The normalized spacial score (nSPS) is 25.9. The molecule has 2 rings (SSSR count). The lowest BCUT2D eigenvalue weighted by molar-refractivity contribution is 0.169. The van der Waals surface area contributed by atoms with Crippen LogP contribution in [-0.2, 0) is 6.54 Å². The maximum atomic E-state index is 9.76. The van der Waals surface area contributed by atoms with Crippen molar-refractivity contribution in [3.63, 3.8) is 0 Å². The molecule has 5 heteroatoms. The Kier molecular flexibility index (Phi) is 4.15. The molecule has 1 aliphatic rings. The molecule has 1 aromatic heterocycles. The summed E-state index contributed by atoms with van der Waals surface area (Å²) in [6.07, 6.45) is 4.50. The summed E-state index contributed by atoms with van der Waals surface area (Å²) in [7, 11) is 4.16. The molecule has 1 N–H and O–H groups in total. The SMILES string of the molecule is CN(C)CC1CC(O)CN1CCn1cccn1. The van der Waals surface area contributed by atoms with Crippen LogP contribution in [0.4, 0.5) is 0 Å². The number of hydrogen-bond donors (Lipinski definition) is 1. The molecule has 5 nitrogen and oxygen atoms in total. The molecule has 2 atom stereocenters. The fourth-order valence-electron chi connectivity index (χ4n) is 2.51. The second kappa shape index (κ2) is 5.62. The lowest BCUT2D eigenvalue weighted by Crippen LogP contribution is -2.39. The predicted octanol–water partition coefficient (Wildman–Crippen LogP) is -0.120. The zero-order valence-electron chi connectivity index (χ0n) is 10.7. The van der Waals surface area contributed by atoms with Gasteiger partial charge in [-0.25, -0.2) is 0 Å². The van der Waals surface area contributed by atoms with Crippen molar-refractivity contribution in [3.8, 4) is 0 Å². The molecule has 0 radical (unpaired) electrons. The first-order chi connectivity index (χ1) is 8.15. The van der Waals surface area contributed by atoms with Crippen LogP contribution in [0.5, 0.6) is 0 Å². The maximum Gasteiger partial charge on any atom is 0.0682 e. The van der Waals surface area contributed by atoms with Gasteiger partial charge in [0.1, 0.15) is 0 Å². The van der Waals surface area contributed by atoms with Gasteiger partial charge in [-0.1, -0.05) is 0 Å². The van der Waals surface area contributed by atoms with E-state index in [4.69, 9.17) is 0 Å². The number of aliphatic hydroxyl groups is 1. The van der Waals surface area contributed by atoms with Crippen LogP contribution in [0.3, 0.4) is 0 Å². The van der Waals surface area contributed by atoms with Gasteiger partial charge in [0, 0.05) is 38.1 Å². The summed E-state index contributed by atoms with van der Waals surface area (Å²) in [6.45, 7) is 3.65. The van der Waals surface area contributed by atoms with Crippen molar-refractivity contribution in [3.05, 3.63) is 18.5 Å². The molecule has 1 aromatic rings. The number of nitrogens with zero attached hydrogens (tertiary/aromatic N) is 4. The van der Waals surface area contributed by atoms with Crippen LogP contribution in [0.15, 0.2) is 18.5 Å². The van der Waals surface area contributed by atoms with Gasteiger partial charge in [-0.15, -0.1) is 0 Å². The van der Waals surface area contributed by atoms with Crippen LogP contribution in [0, 0.1) is 0 Å². The van der Waals surface area contributed by atoms with Gasteiger partial charge in [-0.2, -0.15) is 5.10 Å². The molecule has 1 saturated heterocycles. The number of aliphatic hydroxyl groups excluding tert-OH is 1. The molecule has 0 spiro atoms. The van der Waals surface area contributed by atoms with Gasteiger partial charge in [-0.05, 0) is 26.6 Å². The van der Waals surface area contributed by atoms with Crippen LogP contribution < -0.4 is 0 Å². The third-order valence-electron chi connectivity index (χ3n) is 3.26. The van der Waals surface area contributed by atoms with Gasteiger partial charge in [0.25, 0.3) is 0 Å². The molecule has 0 saturated carbocycles. The van der Waals surface area contributed by atoms with Crippen molar-refractivity contribution in [2.45, 2.75) is 25.1 Å². The monoisotopic (exact) mass is 238 g/mol. The van der Waals surface area contributed by atoms with E-state index in [-0.39, 0.29) is 6.10 Å². The summed E-state index contributed by atoms with van der Waals surface area (Å²) in [5.74, 6) is 0. The van der Waals surface area contributed by atoms with Gasteiger partial charge >= 0.3 is 0 Å². The first-order valence-corrected chi connectivity index (χ1v) is 6.19. The topological polar surface area (TPSA) is 44.5 Å². The number of likely N-dealkylation sites (tertiary alicyclic amines) is 1. The van der Waals surface area contributed by atoms with Crippen molar-refractivity contribution >= 4 is 0 Å². The number of hydrogen-bond acceptors (Lipinski definition) is 4. The standard InChI is InChI=1S/C12H22N4O/c1-14(2)9-11-8-12(17)10-15(11)6-7-16-5-3-4-13-16/h3-5,11-12,17H,6-10H2,1-2H3. The Bertz CT molecular complexity index is 325. The maximum absolute atomic E-state index is 9.76. The van der Waals surface area contributed by atoms with Crippen molar-refractivity contribution in [1.82, 2.24) is 19.6 Å². The highest BCUT2D eigenvalue weighted by Crippen LogP contribution is 2.18. The summed E-state index contributed by atoms with van der Waals surface area (Å²) >= 11 is 0. The molecule has 0 bridgehead atoms. The van der Waals surface area contributed by atoms with Crippen molar-refractivity contribution in [2.75, 3.05) is 33.7 Å². The Morgan fingerprint density at radius 2 is 2.24 bits per heavy atom. The molecule has 2 unspecified atom stereocenters. The summed E-state index contributed by atoms with van der Waals surface area (Å²) in [4.78, 5) is 4.55. The fourth-order valence-corrected chi connectivity index (χ4v) is 2.51. The van der Waals surface area contributed by atoms with E-state index < -0.39 is 0 Å². The number of likely N-dealkylation sites (N-methyl/N-ethyl adjacent to an activating group) is 1. The van der Waals surface area contributed by atoms with E-state index in [1.807, 2.05) is 16.9 Å². The van der Waals surface area contributed by atoms with E-state index in [1.165, 1.54) is 0 Å². The van der Waals surface area contributed by atoms with Crippen LogP contribution in [0.25, 0.3) is 0 Å². The minimum absolute atomic E-state index is 0.169. The molecule has 17 heavy (non-hydrogen) atoms. The van der Waals surface area contributed by atoms with Gasteiger partial charge in [0.15, 0.2) is 0 Å². The van der Waals surface area contributed by atoms with E-state index >= 15 is 0 Å². The minimum atomic E-state index is -0.169. The van der Waals surface area contributed by atoms with Crippen LogP contribution in [-0.4, -0.2) is 70.6 Å².